The number of rotatable bonds is 5. The van der Waals surface area contributed by atoms with Gasteiger partial charge in [0.15, 0.2) is 0 Å². The quantitative estimate of drug-likeness (QED) is 0.796. The molecule has 0 radical (unpaired) electrons. The predicted molar refractivity (Wildman–Crippen MR) is 90.5 cm³/mol. The minimum atomic E-state index is 0.564. The molecule has 1 aromatic carbocycles. The Balaban J connectivity index is 1.79. The third-order valence-corrected chi connectivity index (χ3v) is 5.44. The largest absolute Gasteiger partial charge is 0.309 e. The van der Waals surface area contributed by atoms with Crippen LogP contribution in [0.3, 0.4) is 0 Å². The van der Waals surface area contributed by atoms with Crippen molar-refractivity contribution in [1.82, 2.24) is 10.2 Å². The first-order chi connectivity index (χ1) is 9.16. The molecule has 1 saturated heterocycles. The summed E-state index contributed by atoms with van der Waals surface area (Å²) in [4.78, 5) is 2.60. The van der Waals surface area contributed by atoms with Crippen molar-refractivity contribution in [1.29, 1.82) is 0 Å². The summed E-state index contributed by atoms with van der Waals surface area (Å²) in [6, 6.07) is 7.14. The highest BCUT2D eigenvalue weighted by Crippen LogP contribution is 2.16. The molecule has 0 amide bonds. The zero-order valence-electron chi connectivity index (χ0n) is 12.1. The summed E-state index contributed by atoms with van der Waals surface area (Å²) < 4.78 is 1.40. The second kappa shape index (κ2) is 7.60. The van der Waals surface area contributed by atoms with Gasteiger partial charge in [-0.15, -0.1) is 0 Å². The van der Waals surface area contributed by atoms with Gasteiger partial charge in [0.25, 0.3) is 0 Å². The fourth-order valence-corrected chi connectivity index (χ4v) is 3.27. The van der Waals surface area contributed by atoms with Gasteiger partial charge >= 0.3 is 0 Å². The van der Waals surface area contributed by atoms with Gasteiger partial charge in [-0.05, 0) is 73.5 Å². The van der Waals surface area contributed by atoms with Gasteiger partial charge in [-0.2, -0.15) is 0 Å². The Kier molecular flexibility index (Phi) is 6.10. The number of likely N-dealkylation sites (tertiary alicyclic amines) is 1. The maximum Gasteiger partial charge on any atom is 0.0219 e. The summed E-state index contributed by atoms with van der Waals surface area (Å²) in [5.74, 6) is 0. The zero-order valence-corrected chi connectivity index (χ0v) is 14.2. The number of hydrogen-bond acceptors (Lipinski definition) is 2. The average Bonchev–Trinajstić information content (AvgIpc) is 2.42. The lowest BCUT2D eigenvalue weighted by atomic mass is 10.1. The van der Waals surface area contributed by atoms with Gasteiger partial charge in [-0.3, -0.25) is 0 Å². The lowest BCUT2D eigenvalue weighted by molar-refractivity contribution is 0.209. The maximum atomic E-state index is 3.67. The van der Waals surface area contributed by atoms with E-state index in [1.807, 2.05) is 0 Å². The second-order valence-corrected chi connectivity index (χ2v) is 6.77. The first-order valence-electron chi connectivity index (χ1n) is 7.36. The van der Waals surface area contributed by atoms with Gasteiger partial charge in [0, 0.05) is 22.7 Å². The van der Waals surface area contributed by atoms with E-state index >= 15 is 0 Å². The molecule has 1 fully saturated rings. The fraction of sp³-hybridized carbons (Fsp3) is 0.625. The molecule has 1 atom stereocenters. The molecule has 1 N–H and O–H groups in total. The van der Waals surface area contributed by atoms with Crippen LogP contribution in [0.25, 0.3) is 0 Å². The number of aryl methyl sites for hydroxylation is 1. The molecule has 2 nitrogen and oxygen atoms in total. The van der Waals surface area contributed by atoms with Crippen LogP contribution in [0.2, 0.25) is 0 Å². The number of benzene rings is 1. The molecule has 0 saturated carbocycles. The fourth-order valence-electron chi connectivity index (χ4n) is 2.72. The van der Waals surface area contributed by atoms with Crippen LogP contribution in [0.15, 0.2) is 18.2 Å². The Hall–Kier alpha value is -0.130. The molecular weight excluding hydrogens is 347 g/mol. The lowest BCUT2D eigenvalue weighted by Gasteiger charge is -2.29. The third kappa shape index (κ3) is 4.72. The molecule has 1 aliphatic rings. The standard InChI is InChI=1S/C16H25IN2/c1-13-7-6-8-15(16(13)17)11-18-14(2)12-19-9-4-3-5-10-19/h6-8,14,18H,3-5,9-12H2,1-2H3. The molecule has 0 bridgehead atoms. The van der Waals surface area contributed by atoms with E-state index in [1.54, 1.807) is 0 Å². The molecule has 1 heterocycles. The van der Waals surface area contributed by atoms with E-state index in [9.17, 15) is 0 Å². The molecular formula is C16H25IN2. The summed E-state index contributed by atoms with van der Waals surface area (Å²) in [6.07, 6.45) is 4.17. The van der Waals surface area contributed by atoms with E-state index in [0.717, 1.165) is 6.54 Å². The average molecular weight is 372 g/mol. The summed E-state index contributed by atoms with van der Waals surface area (Å²) in [6.45, 7) is 9.22. The van der Waals surface area contributed by atoms with Crippen molar-refractivity contribution in [2.24, 2.45) is 0 Å². The zero-order chi connectivity index (χ0) is 13.7. The number of nitrogens with zero attached hydrogens (tertiary/aromatic N) is 1. The van der Waals surface area contributed by atoms with E-state index in [-0.39, 0.29) is 0 Å². The van der Waals surface area contributed by atoms with Crippen LogP contribution in [0.5, 0.6) is 0 Å². The topological polar surface area (TPSA) is 15.3 Å². The van der Waals surface area contributed by atoms with Crippen LogP contribution in [0.4, 0.5) is 0 Å². The highest BCUT2D eigenvalue weighted by Gasteiger charge is 2.13. The van der Waals surface area contributed by atoms with Crippen LogP contribution in [-0.4, -0.2) is 30.6 Å². The summed E-state index contributed by atoms with van der Waals surface area (Å²) in [5, 5.41) is 3.67. The third-order valence-electron chi connectivity index (χ3n) is 3.89. The van der Waals surface area contributed by atoms with Crippen molar-refractivity contribution in [3.63, 3.8) is 0 Å². The van der Waals surface area contributed by atoms with Crippen molar-refractivity contribution in [3.05, 3.63) is 32.9 Å². The molecule has 0 spiro atoms. The van der Waals surface area contributed by atoms with E-state index in [1.165, 1.54) is 53.6 Å². The molecule has 1 aliphatic heterocycles. The molecule has 19 heavy (non-hydrogen) atoms. The number of piperidine rings is 1. The molecule has 0 aromatic heterocycles. The smallest absolute Gasteiger partial charge is 0.0219 e. The molecule has 2 rings (SSSR count). The van der Waals surface area contributed by atoms with Crippen molar-refractivity contribution in [3.8, 4) is 0 Å². The summed E-state index contributed by atoms with van der Waals surface area (Å²) in [5.41, 5.74) is 2.80. The van der Waals surface area contributed by atoms with Crippen molar-refractivity contribution < 1.29 is 0 Å². The number of nitrogens with one attached hydrogen (secondary N) is 1. The molecule has 106 valence electrons. The predicted octanol–water partition coefficient (Wildman–Crippen LogP) is 3.56. The van der Waals surface area contributed by atoms with Gasteiger partial charge in [0.1, 0.15) is 0 Å². The Morgan fingerprint density at radius 2 is 2.00 bits per heavy atom. The summed E-state index contributed by atoms with van der Waals surface area (Å²) >= 11 is 2.46. The van der Waals surface area contributed by atoms with Crippen molar-refractivity contribution >= 4 is 22.6 Å². The first-order valence-corrected chi connectivity index (χ1v) is 8.44. The Morgan fingerprint density at radius 3 is 2.74 bits per heavy atom. The molecule has 1 aromatic rings. The van der Waals surface area contributed by atoms with E-state index in [2.05, 4.69) is 64.9 Å². The van der Waals surface area contributed by atoms with Crippen LogP contribution in [0.1, 0.15) is 37.3 Å². The first kappa shape index (κ1) is 15.3. The van der Waals surface area contributed by atoms with Gasteiger partial charge in [0.05, 0.1) is 0 Å². The number of halogens is 1. The maximum absolute atomic E-state index is 3.67. The van der Waals surface area contributed by atoms with Crippen molar-refractivity contribution in [2.45, 2.75) is 45.7 Å². The van der Waals surface area contributed by atoms with E-state index in [4.69, 9.17) is 0 Å². The highest BCUT2D eigenvalue weighted by atomic mass is 127. The second-order valence-electron chi connectivity index (χ2n) is 5.69. The van der Waals surface area contributed by atoms with Gasteiger partial charge < -0.3 is 10.2 Å². The van der Waals surface area contributed by atoms with E-state index in [0.29, 0.717) is 6.04 Å². The van der Waals surface area contributed by atoms with Crippen molar-refractivity contribution in [2.75, 3.05) is 19.6 Å². The SMILES string of the molecule is Cc1cccc(CNC(C)CN2CCCCC2)c1I. The molecule has 1 unspecified atom stereocenters. The Morgan fingerprint density at radius 1 is 1.26 bits per heavy atom. The molecule has 0 aliphatic carbocycles. The number of hydrogen-bond donors (Lipinski definition) is 1. The van der Waals surface area contributed by atoms with Crippen LogP contribution in [0, 0.1) is 10.5 Å². The normalized spacial score (nSPS) is 18.5. The van der Waals surface area contributed by atoms with Gasteiger partial charge in [-0.25, -0.2) is 0 Å². The summed E-state index contributed by atoms with van der Waals surface area (Å²) in [7, 11) is 0. The van der Waals surface area contributed by atoms with Crippen LogP contribution < -0.4 is 5.32 Å². The minimum Gasteiger partial charge on any atom is -0.309 e. The van der Waals surface area contributed by atoms with Crippen LogP contribution in [-0.2, 0) is 6.54 Å². The molecule has 3 heteroatoms. The van der Waals surface area contributed by atoms with Gasteiger partial charge in [0.2, 0.25) is 0 Å². The van der Waals surface area contributed by atoms with Gasteiger partial charge in [-0.1, -0.05) is 24.6 Å². The monoisotopic (exact) mass is 372 g/mol. The Bertz CT molecular complexity index is 400. The Labute approximate surface area is 131 Å². The van der Waals surface area contributed by atoms with Crippen LogP contribution >= 0.6 is 22.6 Å². The highest BCUT2D eigenvalue weighted by molar-refractivity contribution is 14.1. The lowest BCUT2D eigenvalue weighted by Crippen LogP contribution is -2.41. The minimum absolute atomic E-state index is 0.564. The van der Waals surface area contributed by atoms with E-state index < -0.39 is 0 Å².